The maximum atomic E-state index is 9.17. The highest BCUT2D eigenvalue weighted by atomic mass is 79.9. The van der Waals surface area contributed by atoms with Gasteiger partial charge in [-0.15, -0.1) is 0 Å². The number of nitrogens with zero attached hydrogens (tertiary/aromatic N) is 2. The first-order chi connectivity index (χ1) is 9.61. The van der Waals surface area contributed by atoms with Gasteiger partial charge in [0, 0.05) is 10.2 Å². The smallest absolute Gasteiger partial charge is 0.182 e. The molecule has 0 aliphatic rings. The number of aromatic amines is 1. The Morgan fingerprint density at radius 3 is 2.80 bits per heavy atom. The predicted molar refractivity (Wildman–Crippen MR) is 85.6 cm³/mol. The molecule has 0 radical (unpaired) electrons. The van der Waals surface area contributed by atoms with Gasteiger partial charge in [0.2, 0.25) is 0 Å². The number of para-hydroxylation sites is 1. The molecule has 1 N–H and O–H groups in total. The Balaban J connectivity index is 2.37. The average molecular weight is 344 g/mol. The van der Waals surface area contributed by atoms with Gasteiger partial charge < -0.3 is 4.98 Å². The fraction of sp³-hybridized carbons (Fsp3) is 0.0667. The summed E-state index contributed by atoms with van der Waals surface area (Å²) in [5, 5.41) is 9.17. The van der Waals surface area contributed by atoms with Crippen molar-refractivity contribution in [3.8, 4) is 11.8 Å². The van der Waals surface area contributed by atoms with Gasteiger partial charge >= 0.3 is 0 Å². The third-order valence-electron chi connectivity index (χ3n) is 3.24. The van der Waals surface area contributed by atoms with Crippen LogP contribution in [0.15, 0.2) is 40.9 Å². The number of H-pyrrole nitrogens is 1. The lowest BCUT2D eigenvalue weighted by Crippen LogP contribution is -1.94. The van der Waals surface area contributed by atoms with E-state index in [-0.39, 0.29) is 0 Å². The predicted octanol–water partition coefficient (Wildman–Crippen LogP) is 4.63. The Kier molecular flexibility index (Phi) is 3.20. The molecule has 3 rings (SSSR count). The Morgan fingerprint density at radius 1 is 1.30 bits per heavy atom. The molecule has 0 spiro atoms. The molecule has 1 heterocycles. The summed E-state index contributed by atoms with van der Waals surface area (Å²) in [6, 6.07) is 13.9. The van der Waals surface area contributed by atoms with E-state index in [0.717, 1.165) is 26.8 Å². The molecule has 0 aliphatic carbocycles. The number of aryl methyl sites for hydroxylation is 1. The molecule has 3 nitrogen and oxygen atoms in total. The monoisotopic (exact) mass is 343 g/mol. The summed E-state index contributed by atoms with van der Waals surface area (Å²) < 4.78 is 3.60. The first-order valence-electron chi connectivity index (χ1n) is 6.02. The number of hydrogen-bond donors (Lipinski definition) is 1. The number of benzene rings is 2. The standard InChI is InChI=1S/C15H10BrN3S/c1-9-7-11(5-6-12(9)16)19-13-4-2-3-10(8-17)14(13)18-15(19)20/h2-7H,1H3,(H,18,20). The molecule has 0 saturated carbocycles. The van der Waals surface area contributed by atoms with Crippen molar-refractivity contribution in [2.75, 3.05) is 0 Å². The summed E-state index contributed by atoms with van der Waals surface area (Å²) in [5.74, 6) is 0. The molecule has 1 aromatic heterocycles. The fourth-order valence-electron chi connectivity index (χ4n) is 2.25. The van der Waals surface area contributed by atoms with Gasteiger partial charge in [-0.1, -0.05) is 22.0 Å². The second kappa shape index (κ2) is 4.89. The molecule has 3 aromatic rings. The third-order valence-corrected chi connectivity index (χ3v) is 4.41. The second-order valence-electron chi connectivity index (χ2n) is 4.51. The van der Waals surface area contributed by atoms with Crippen molar-refractivity contribution in [1.29, 1.82) is 5.26 Å². The zero-order valence-corrected chi connectivity index (χ0v) is 13.0. The topological polar surface area (TPSA) is 44.5 Å². The molecule has 5 heteroatoms. The number of nitrogens with one attached hydrogen (secondary N) is 1. The highest BCUT2D eigenvalue weighted by Gasteiger charge is 2.10. The fourth-order valence-corrected chi connectivity index (χ4v) is 2.80. The first-order valence-corrected chi connectivity index (χ1v) is 7.22. The molecule has 98 valence electrons. The average Bonchev–Trinajstić information content (AvgIpc) is 2.78. The van der Waals surface area contributed by atoms with Gasteiger partial charge in [0.15, 0.2) is 4.77 Å². The van der Waals surface area contributed by atoms with Crippen LogP contribution in [0.1, 0.15) is 11.1 Å². The Morgan fingerprint density at radius 2 is 2.10 bits per heavy atom. The van der Waals surface area contributed by atoms with Gasteiger partial charge in [0.25, 0.3) is 0 Å². The lowest BCUT2D eigenvalue weighted by Gasteiger charge is -2.07. The quantitative estimate of drug-likeness (QED) is 0.654. The van der Waals surface area contributed by atoms with E-state index in [2.05, 4.69) is 33.0 Å². The maximum Gasteiger partial charge on any atom is 0.182 e. The summed E-state index contributed by atoms with van der Waals surface area (Å²) in [6.45, 7) is 2.03. The van der Waals surface area contributed by atoms with Crippen LogP contribution in [0.2, 0.25) is 0 Å². The molecular formula is C15H10BrN3S. The van der Waals surface area contributed by atoms with Crippen molar-refractivity contribution in [2.45, 2.75) is 6.92 Å². The number of halogens is 1. The van der Waals surface area contributed by atoms with E-state index in [1.807, 2.05) is 35.8 Å². The van der Waals surface area contributed by atoms with Crippen LogP contribution < -0.4 is 0 Å². The minimum absolute atomic E-state index is 0.587. The summed E-state index contributed by atoms with van der Waals surface area (Å²) >= 11 is 8.90. The molecule has 2 aromatic carbocycles. The van der Waals surface area contributed by atoms with Crippen LogP contribution >= 0.6 is 28.1 Å². The van der Waals surface area contributed by atoms with Crippen LogP contribution in [0.25, 0.3) is 16.7 Å². The van der Waals surface area contributed by atoms with E-state index < -0.39 is 0 Å². The zero-order valence-electron chi connectivity index (χ0n) is 10.6. The van der Waals surface area contributed by atoms with E-state index in [9.17, 15) is 0 Å². The number of hydrogen-bond acceptors (Lipinski definition) is 2. The van der Waals surface area contributed by atoms with Gasteiger partial charge in [-0.25, -0.2) is 0 Å². The lowest BCUT2D eigenvalue weighted by molar-refractivity contribution is 1.06. The number of fused-ring (bicyclic) bond motifs is 1. The minimum Gasteiger partial charge on any atom is -0.329 e. The summed E-state index contributed by atoms with van der Waals surface area (Å²) in [4.78, 5) is 3.12. The van der Waals surface area contributed by atoms with Gasteiger partial charge in [-0.05, 0) is 55.0 Å². The molecule has 0 saturated heterocycles. The maximum absolute atomic E-state index is 9.17. The number of nitriles is 1. The van der Waals surface area contributed by atoms with E-state index in [1.54, 1.807) is 6.07 Å². The Bertz CT molecular complexity index is 915. The number of imidazole rings is 1. The van der Waals surface area contributed by atoms with Crippen molar-refractivity contribution < 1.29 is 0 Å². The molecule has 0 bridgehead atoms. The summed E-state index contributed by atoms with van der Waals surface area (Å²) in [7, 11) is 0. The van der Waals surface area contributed by atoms with Gasteiger partial charge in [0.1, 0.15) is 6.07 Å². The molecule has 20 heavy (non-hydrogen) atoms. The number of rotatable bonds is 1. The van der Waals surface area contributed by atoms with Crippen molar-refractivity contribution >= 4 is 39.2 Å². The van der Waals surface area contributed by atoms with Crippen LogP contribution in [0, 0.1) is 23.0 Å². The molecule has 0 unspecified atom stereocenters. The van der Waals surface area contributed by atoms with E-state index in [4.69, 9.17) is 17.5 Å². The molecule has 0 atom stereocenters. The molecule has 0 amide bonds. The van der Waals surface area contributed by atoms with Crippen LogP contribution in [0.4, 0.5) is 0 Å². The summed E-state index contributed by atoms with van der Waals surface area (Å²) in [5.41, 5.74) is 4.41. The van der Waals surface area contributed by atoms with Gasteiger partial charge in [0.05, 0.1) is 16.6 Å². The van der Waals surface area contributed by atoms with Gasteiger partial charge in [-0.2, -0.15) is 5.26 Å². The lowest BCUT2D eigenvalue weighted by atomic mass is 10.2. The van der Waals surface area contributed by atoms with E-state index >= 15 is 0 Å². The van der Waals surface area contributed by atoms with Crippen LogP contribution in [0.3, 0.4) is 0 Å². The Labute approximate surface area is 129 Å². The van der Waals surface area contributed by atoms with Crippen molar-refractivity contribution in [3.05, 3.63) is 56.8 Å². The van der Waals surface area contributed by atoms with Crippen LogP contribution in [0.5, 0.6) is 0 Å². The normalized spacial score (nSPS) is 10.7. The van der Waals surface area contributed by atoms with E-state index in [1.165, 1.54) is 0 Å². The van der Waals surface area contributed by atoms with Crippen LogP contribution in [-0.4, -0.2) is 9.55 Å². The SMILES string of the molecule is Cc1cc(-n2c(=S)[nH]c3c(C#N)cccc32)ccc1Br. The molecular weight excluding hydrogens is 334 g/mol. The van der Waals surface area contributed by atoms with Crippen molar-refractivity contribution in [3.63, 3.8) is 0 Å². The van der Waals surface area contributed by atoms with Crippen molar-refractivity contribution in [1.82, 2.24) is 9.55 Å². The largest absolute Gasteiger partial charge is 0.329 e. The highest BCUT2D eigenvalue weighted by molar-refractivity contribution is 9.10. The minimum atomic E-state index is 0.587. The first kappa shape index (κ1) is 13.1. The van der Waals surface area contributed by atoms with Gasteiger partial charge in [-0.3, -0.25) is 4.57 Å². The molecule has 0 fully saturated rings. The van der Waals surface area contributed by atoms with E-state index in [0.29, 0.717) is 10.3 Å². The summed E-state index contributed by atoms with van der Waals surface area (Å²) in [6.07, 6.45) is 0. The number of aromatic nitrogens is 2. The van der Waals surface area contributed by atoms with Crippen molar-refractivity contribution in [2.24, 2.45) is 0 Å². The third kappa shape index (κ3) is 1.98. The van der Waals surface area contributed by atoms with Crippen LogP contribution in [-0.2, 0) is 0 Å². The Hall–Kier alpha value is -1.90. The zero-order chi connectivity index (χ0) is 14.3. The highest BCUT2D eigenvalue weighted by Crippen LogP contribution is 2.25. The molecule has 0 aliphatic heterocycles. The second-order valence-corrected chi connectivity index (χ2v) is 5.75.